The Morgan fingerprint density at radius 3 is 1.94 bits per heavy atom. The van der Waals surface area contributed by atoms with E-state index in [1.54, 1.807) is 12.1 Å². The van der Waals surface area contributed by atoms with Gasteiger partial charge in [0.05, 0.1) is 12.2 Å². The van der Waals surface area contributed by atoms with Gasteiger partial charge in [0, 0.05) is 12.1 Å². The first-order valence-electron chi connectivity index (χ1n) is 11.3. The van der Waals surface area contributed by atoms with Crippen LogP contribution in [0.4, 0.5) is 5.69 Å². The Morgan fingerprint density at radius 1 is 0.588 bits per heavy atom. The van der Waals surface area contributed by atoms with Crippen molar-refractivity contribution < 1.29 is 19.0 Å². The number of carbonyl (C=O) groups is 1. The van der Waals surface area contributed by atoms with Crippen LogP contribution >= 0.6 is 0 Å². The largest absolute Gasteiger partial charge is 0.493 e. The molecule has 0 aliphatic carbocycles. The minimum Gasteiger partial charge on any atom is -0.493 e. The van der Waals surface area contributed by atoms with Crippen LogP contribution in [-0.4, -0.2) is 25.7 Å². The van der Waals surface area contributed by atoms with E-state index in [-0.39, 0.29) is 5.91 Å². The lowest BCUT2D eigenvalue weighted by Crippen LogP contribution is -2.15. The first kappa shape index (κ1) is 22.9. The summed E-state index contributed by atoms with van der Waals surface area (Å²) in [5.41, 5.74) is 2.38. The molecule has 0 fully saturated rings. The molecule has 0 radical (unpaired) electrons. The summed E-state index contributed by atoms with van der Waals surface area (Å²) in [6, 6.07) is 34.3. The molecule has 5 heteroatoms. The Labute approximate surface area is 199 Å². The number of ether oxygens (including phenoxy) is 3. The summed E-state index contributed by atoms with van der Waals surface area (Å²) < 4.78 is 17.3. The van der Waals surface area contributed by atoms with Crippen molar-refractivity contribution >= 4 is 11.6 Å². The summed E-state index contributed by atoms with van der Waals surface area (Å²) in [5, 5.41) is 2.92. The third-order valence-corrected chi connectivity index (χ3v) is 5.10. The monoisotopic (exact) mass is 453 g/mol. The van der Waals surface area contributed by atoms with Crippen LogP contribution in [0, 0.1) is 0 Å². The molecule has 0 unspecified atom stereocenters. The SMILES string of the molecule is O=C(Nc1ccc(OCCc2ccccc2)cc1)c1ccccc1OCCOc1ccccc1. The molecule has 4 aromatic rings. The molecular weight excluding hydrogens is 426 g/mol. The molecule has 0 saturated carbocycles. The van der Waals surface area contributed by atoms with E-state index in [2.05, 4.69) is 17.4 Å². The van der Waals surface area contributed by atoms with Crippen LogP contribution in [0.25, 0.3) is 0 Å². The predicted molar refractivity (Wildman–Crippen MR) is 134 cm³/mol. The van der Waals surface area contributed by atoms with Crippen LogP contribution in [-0.2, 0) is 6.42 Å². The van der Waals surface area contributed by atoms with Crippen molar-refractivity contribution in [3.8, 4) is 17.2 Å². The average molecular weight is 454 g/mol. The fraction of sp³-hybridized carbons (Fsp3) is 0.138. The van der Waals surface area contributed by atoms with Crippen molar-refractivity contribution in [3.63, 3.8) is 0 Å². The summed E-state index contributed by atoms with van der Waals surface area (Å²) in [4.78, 5) is 12.8. The highest BCUT2D eigenvalue weighted by molar-refractivity contribution is 6.06. The van der Waals surface area contributed by atoms with E-state index in [4.69, 9.17) is 14.2 Å². The van der Waals surface area contributed by atoms with E-state index in [9.17, 15) is 4.79 Å². The predicted octanol–water partition coefficient (Wildman–Crippen LogP) is 6.02. The number of para-hydroxylation sites is 2. The molecule has 1 amide bonds. The summed E-state index contributed by atoms with van der Waals surface area (Å²) in [5.74, 6) is 1.82. The first-order valence-corrected chi connectivity index (χ1v) is 11.3. The van der Waals surface area contributed by atoms with E-state index in [0.717, 1.165) is 17.9 Å². The number of hydrogen-bond donors (Lipinski definition) is 1. The number of anilines is 1. The Morgan fingerprint density at radius 2 is 1.18 bits per heavy atom. The number of rotatable bonds is 11. The molecular formula is C29H27NO4. The van der Waals surface area contributed by atoms with Crippen LogP contribution in [0.3, 0.4) is 0 Å². The van der Waals surface area contributed by atoms with Gasteiger partial charge in [-0.25, -0.2) is 0 Å². The van der Waals surface area contributed by atoms with Crippen molar-refractivity contribution in [2.24, 2.45) is 0 Å². The second kappa shape index (κ2) is 12.1. The van der Waals surface area contributed by atoms with E-state index < -0.39 is 0 Å². The smallest absolute Gasteiger partial charge is 0.259 e. The number of amides is 1. The normalized spacial score (nSPS) is 10.4. The molecule has 0 saturated heterocycles. The second-order valence-electron chi connectivity index (χ2n) is 7.57. The molecule has 0 aliphatic heterocycles. The lowest BCUT2D eigenvalue weighted by Gasteiger charge is -2.13. The van der Waals surface area contributed by atoms with Gasteiger partial charge in [-0.1, -0.05) is 60.7 Å². The van der Waals surface area contributed by atoms with E-state index in [1.165, 1.54) is 5.56 Å². The maximum Gasteiger partial charge on any atom is 0.259 e. The summed E-state index contributed by atoms with van der Waals surface area (Å²) in [6.45, 7) is 1.30. The summed E-state index contributed by atoms with van der Waals surface area (Å²) >= 11 is 0. The Bertz CT molecular complexity index is 1160. The van der Waals surface area contributed by atoms with Gasteiger partial charge in [-0.05, 0) is 54.1 Å². The fourth-order valence-electron chi connectivity index (χ4n) is 3.37. The molecule has 5 nitrogen and oxygen atoms in total. The minimum atomic E-state index is -0.239. The second-order valence-corrected chi connectivity index (χ2v) is 7.57. The van der Waals surface area contributed by atoms with Crippen molar-refractivity contribution in [2.75, 3.05) is 25.1 Å². The standard InChI is InChI=1S/C29H27NO4/c31-29(27-13-7-8-14-28(27)34-22-21-33-25-11-5-2-6-12-25)30-24-15-17-26(18-16-24)32-20-19-23-9-3-1-4-10-23/h1-18H,19-22H2,(H,30,31). The van der Waals surface area contributed by atoms with Crippen LogP contribution in [0.1, 0.15) is 15.9 Å². The fourth-order valence-corrected chi connectivity index (χ4v) is 3.37. The molecule has 4 rings (SSSR count). The van der Waals surface area contributed by atoms with Gasteiger partial charge in [0.25, 0.3) is 5.91 Å². The number of nitrogens with one attached hydrogen (secondary N) is 1. The Hall–Kier alpha value is -4.25. The highest BCUT2D eigenvalue weighted by Gasteiger charge is 2.12. The highest BCUT2D eigenvalue weighted by Crippen LogP contribution is 2.21. The maximum absolute atomic E-state index is 12.8. The van der Waals surface area contributed by atoms with Gasteiger partial charge in [-0.3, -0.25) is 4.79 Å². The molecule has 172 valence electrons. The van der Waals surface area contributed by atoms with E-state index in [0.29, 0.717) is 36.8 Å². The van der Waals surface area contributed by atoms with Gasteiger partial charge in [0.2, 0.25) is 0 Å². The van der Waals surface area contributed by atoms with Crippen molar-refractivity contribution in [2.45, 2.75) is 6.42 Å². The molecule has 1 N–H and O–H groups in total. The first-order chi connectivity index (χ1) is 16.8. The van der Waals surface area contributed by atoms with Crippen molar-refractivity contribution in [1.82, 2.24) is 0 Å². The van der Waals surface area contributed by atoms with Gasteiger partial charge in [0.1, 0.15) is 30.5 Å². The number of carbonyl (C=O) groups excluding carboxylic acids is 1. The van der Waals surface area contributed by atoms with Crippen LogP contribution in [0.15, 0.2) is 109 Å². The number of benzene rings is 4. The van der Waals surface area contributed by atoms with Gasteiger partial charge in [-0.15, -0.1) is 0 Å². The van der Waals surface area contributed by atoms with Crippen molar-refractivity contribution in [3.05, 3.63) is 120 Å². The molecule has 0 aromatic heterocycles. The van der Waals surface area contributed by atoms with E-state index in [1.807, 2.05) is 84.9 Å². The van der Waals surface area contributed by atoms with Crippen LogP contribution in [0.5, 0.6) is 17.2 Å². The van der Waals surface area contributed by atoms with Gasteiger partial charge < -0.3 is 19.5 Å². The van der Waals surface area contributed by atoms with Gasteiger partial charge in [-0.2, -0.15) is 0 Å². The molecule has 0 spiro atoms. The van der Waals surface area contributed by atoms with Crippen LogP contribution < -0.4 is 19.5 Å². The molecule has 34 heavy (non-hydrogen) atoms. The third-order valence-electron chi connectivity index (χ3n) is 5.10. The zero-order chi connectivity index (χ0) is 23.4. The summed E-state index contributed by atoms with van der Waals surface area (Å²) in [6.07, 6.45) is 0.840. The molecule has 4 aromatic carbocycles. The average Bonchev–Trinajstić information content (AvgIpc) is 2.89. The molecule has 0 aliphatic rings. The zero-order valence-electron chi connectivity index (χ0n) is 18.9. The highest BCUT2D eigenvalue weighted by atomic mass is 16.5. The maximum atomic E-state index is 12.8. The van der Waals surface area contributed by atoms with Gasteiger partial charge in [0.15, 0.2) is 0 Å². The Kier molecular flexibility index (Phi) is 8.17. The lowest BCUT2D eigenvalue weighted by molar-refractivity contribution is 0.102. The minimum absolute atomic E-state index is 0.239. The molecule has 0 bridgehead atoms. The quantitative estimate of drug-likeness (QED) is 0.282. The van der Waals surface area contributed by atoms with Gasteiger partial charge >= 0.3 is 0 Å². The molecule has 0 atom stereocenters. The van der Waals surface area contributed by atoms with Crippen LogP contribution in [0.2, 0.25) is 0 Å². The molecule has 0 heterocycles. The number of hydrogen-bond acceptors (Lipinski definition) is 4. The van der Waals surface area contributed by atoms with Crippen molar-refractivity contribution in [1.29, 1.82) is 0 Å². The van der Waals surface area contributed by atoms with E-state index >= 15 is 0 Å². The summed E-state index contributed by atoms with van der Waals surface area (Å²) in [7, 11) is 0. The zero-order valence-corrected chi connectivity index (χ0v) is 18.9. The Balaban J connectivity index is 1.26. The third kappa shape index (κ3) is 6.87. The lowest BCUT2D eigenvalue weighted by atomic mass is 10.1. The topological polar surface area (TPSA) is 56.8 Å².